The van der Waals surface area contributed by atoms with Gasteiger partial charge in [-0.2, -0.15) is 4.98 Å². The molecule has 0 bridgehead atoms. The first-order valence-electron chi connectivity index (χ1n) is 5.61. The topological polar surface area (TPSA) is 72.2 Å². The summed E-state index contributed by atoms with van der Waals surface area (Å²) in [5, 5.41) is 6.95. The van der Waals surface area contributed by atoms with E-state index < -0.39 is 0 Å². The van der Waals surface area contributed by atoms with E-state index in [1.54, 1.807) is 10.7 Å². The summed E-state index contributed by atoms with van der Waals surface area (Å²) in [6, 6.07) is 1.93. The maximum Gasteiger partial charge on any atom is 0.291 e. The van der Waals surface area contributed by atoms with Crippen LogP contribution < -0.4 is 5.32 Å². The summed E-state index contributed by atoms with van der Waals surface area (Å²) >= 11 is 0. The van der Waals surface area contributed by atoms with Crippen molar-refractivity contribution >= 4 is 11.7 Å². The zero-order valence-electron chi connectivity index (χ0n) is 10.1. The molecule has 0 aliphatic rings. The Morgan fingerprint density at radius 1 is 1.59 bits per heavy atom. The van der Waals surface area contributed by atoms with Crippen molar-refractivity contribution in [3.63, 3.8) is 0 Å². The fourth-order valence-corrected chi connectivity index (χ4v) is 1.39. The molecule has 2 heterocycles. The van der Waals surface area contributed by atoms with Gasteiger partial charge in [0, 0.05) is 17.9 Å². The van der Waals surface area contributed by atoms with Crippen LogP contribution in [0, 0.1) is 6.92 Å². The number of hydrogen-bond donors (Lipinski definition) is 1. The number of fused-ring (bicyclic) bond motifs is 1. The van der Waals surface area contributed by atoms with Crippen molar-refractivity contribution in [2.75, 3.05) is 0 Å². The van der Waals surface area contributed by atoms with E-state index in [0.29, 0.717) is 5.78 Å². The Hall–Kier alpha value is -1.98. The molecule has 6 heteroatoms. The maximum atomic E-state index is 11.8. The van der Waals surface area contributed by atoms with E-state index in [4.69, 9.17) is 0 Å². The molecule has 0 aliphatic carbocycles. The average Bonchev–Trinajstić information content (AvgIpc) is 2.74. The fraction of sp³-hybridized carbons (Fsp3) is 0.455. The molecule has 17 heavy (non-hydrogen) atoms. The highest BCUT2D eigenvalue weighted by Gasteiger charge is 2.15. The van der Waals surface area contributed by atoms with Gasteiger partial charge < -0.3 is 5.32 Å². The number of nitrogens with zero attached hydrogens (tertiary/aromatic N) is 4. The Morgan fingerprint density at radius 3 is 3.00 bits per heavy atom. The molecule has 0 radical (unpaired) electrons. The van der Waals surface area contributed by atoms with E-state index in [-0.39, 0.29) is 17.8 Å². The van der Waals surface area contributed by atoms with Crippen molar-refractivity contribution in [2.45, 2.75) is 33.2 Å². The SMILES string of the molecule is CC[C@@H](C)NC(=O)c1nc2nccc(C)n2n1. The molecular formula is C11H15N5O. The Bertz CT molecular complexity index is 548. The molecule has 0 fully saturated rings. The molecule has 1 amide bonds. The van der Waals surface area contributed by atoms with Crippen LogP contribution in [0.3, 0.4) is 0 Å². The molecule has 0 aromatic carbocycles. The van der Waals surface area contributed by atoms with Crippen LogP contribution in [0.15, 0.2) is 12.3 Å². The number of aromatic nitrogens is 4. The van der Waals surface area contributed by atoms with E-state index in [9.17, 15) is 4.79 Å². The summed E-state index contributed by atoms with van der Waals surface area (Å²) in [6.45, 7) is 5.84. The second-order valence-electron chi connectivity index (χ2n) is 4.02. The van der Waals surface area contributed by atoms with Gasteiger partial charge in [-0.3, -0.25) is 4.79 Å². The van der Waals surface area contributed by atoms with Gasteiger partial charge in [-0.25, -0.2) is 9.50 Å². The lowest BCUT2D eigenvalue weighted by Gasteiger charge is -2.08. The molecular weight excluding hydrogens is 218 g/mol. The lowest BCUT2D eigenvalue weighted by atomic mass is 10.2. The van der Waals surface area contributed by atoms with Crippen molar-refractivity contribution in [3.05, 3.63) is 23.8 Å². The van der Waals surface area contributed by atoms with Gasteiger partial charge in [0.25, 0.3) is 11.7 Å². The lowest BCUT2D eigenvalue weighted by Crippen LogP contribution is -2.32. The minimum atomic E-state index is -0.260. The van der Waals surface area contributed by atoms with Crippen molar-refractivity contribution in [1.29, 1.82) is 0 Å². The van der Waals surface area contributed by atoms with Gasteiger partial charge in [-0.1, -0.05) is 6.92 Å². The molecule has 0 spiro atoms. The molecule has 0 aliphatic heterocycles. The predicted molar refractivity (Wildman–Crippen MR) is 62.7 cm³/mol. The van der Waals surface area contributed by atoms with Crippen molar-refractivity contribution in [2.24, 2.45) is 0 Å². The molecule has 6 nitrogen and oxygen atoms in total. The molecule has 1 atom stereocenters. The summed E-state index contributed by atoms with van der Waals surface area (Å²) in [7, 11) is 0. The van der Waals surface area contributed by atoms with Gasteiger partial charge in [0.15, 0.2) is 0 Å². The van der Waals surface area contributed by atoms with Crippen LogP contribution in [0.4, 0.5) is 0 Å². The monoisotopic (exact) mass is 233 g/mol. The third-order valence-electron chi connectivity index (χ3n) is 2.62. The Labute approximate surface area is 99.1 Å². The van der Waals surface area contributed by atoms with Crippen LogP contribution in [0.25, 0.3) is 5.78 Å². The highest BCUT2D eigenvalue weighted by Crippen LogP contribution is 2.02. The second kappa shape index (κ2) is 4.48. The van der Waals surface area contributed by atoms with E-state index in [1.165, 1.54) is 0 Å². The standard InChI is InChI=1S/C11H15N5O/c1-4-7(2)13-10(17)9-14-11-12-6-5-8(3)16(11)15-9/h5-7H,4H2,1-3H3,(H,13,17)/t7-/m1/s1. The van der Waals surface area contributed by atoms with Crippen LogP contribution >= 0.6 is 0 Å². The lowest BCUT2D eigenvalue weighted by molar-refractivity contribution is 0.0929. The highest BCUT2D eigenvalue weighted by atomic mass is 16.2. The maximum absolute atomic E-state index is 11.8. The summed E-state index contributed by atoms with van der Waals surface area (Å²) in [6.07, 6.45) is 2.52. The van der Waals surface area contributed by atoms with Gasteiger partial charge in [0.1, 0.15) is 0 Å². The van der Waals surface area contributed by atoms with E-state index in [0.717, 1.165) is 12.1 Å². The Kier molecular flexibility index (Phi) is 3.03. The van der Waals surface area contributed by atoms with Crippen LogP contribution in [0.1, 0.15) is 36.6 Å². The average molecular weight is 233 g/mol. The van der Waals surface area contributed by atoms with Gasteiger partial charge in [-0.15, -0.1) is 5.10 Å². The van der Waals surface area contributed by atoms with E-state index in [2.05, 4.69) is 20.4 Å². The van der Waals surface area contributed by atoms with Gasteiger partial charge in [0.2, 0.25) is 5.82 Å². The van der Waals surface area contributed by atoms with Crippen molar-refractivity contribution < 1.29 is 4.79 Å². The van der Waals surface area contributed by atoms with Crippen LogP contribution in [0.5, 0.6) is 0 Å². The van der Waals surface area contributed by atoms with Gasteiger partial charge in [-0.05, 0) is 26.3 Å². The highest BCUT2D eigenvalue weighted by molar-refractivity contribution is 5.90. The number of carbonyl (C=O) groups excluding carboxylic acids is 1. The minimum absolute atomic E-state index is 0.114. The fourth-order valence-electron chi connectivity index (χ4n) is 1.39. The van der Waals surface area contributed by atoms with Crippen LogP contribution in [0.2, 0.25) is 0 Å². The normalized spacial score (nSPS) is 12.6. The largest absolute Gasteiger partial charge is 0.347 e. The quantitative estimate of drug-likeness (QED) is 0.857. The molecule has 2 rings (SSSR count). The first-order chi connectivity index (χ1) is 8.11. The zero-order valence-corrected chi connectivity index (χ0v) is 10.1. The molecule has 90 valence electrons. The van der Waals surface area contributed by atoms with Gasteiger partial charge in [0.05, 0.1) is 0 Å². The van der Waals surface area contributed by atoms with E-state index in [1.807, 2.05) is 26.8 Å². The van der Waals surface area contributed by atoms with E-state index >= 15 is 0 Å². The second-order valence-corrected chi connectivity index (χ2v) is 4.02. The van der Waals surface area contributed by atoms with Gasteiger partial charge >= 0.3 is 0 Å². The summed E-state index contributed by atoms with van der Waals surface area (Å²) in [5.41, 5.74) is 0.894. The molecule has 0 saturated heterocycles. The summed E-state index contributed by atoms with van der Waals surface area (Å²) < 4.78 is 1.56. The smallest absolute Gasteiger partial charge is 0.291 e. The molecule has 0 unspecified atom stereocenters. The van der Waals surface area contributed by atoms with Crippen LogP contribution in [-0.2, 0) is 0 Å². The number of nitrogens with one attached hydrogen (secondary N) is 1. The Morgan fingerprint density at radius 2 is 2.35 bits per heavy atom. The first kappa shape index (κ1) is 11.5. The molecule has 2 aromatic heterocycles. The molecule has 0 saturated carbocycles. The number of aryl methyl sites for hydroxylation is 1. The minimum Gasteiger partial charge on any atom is -0.347 e. The Balaban J connectivity index is 2.30. The summed E-state index contributed by atoms with van der Waals surface area (Å²) in [4.78, 5) is 20.0. The third kappa shape index (κ3) is 2.25. The van der Waals surface area contributed by atoms with Crippen LogP contribution in [-0.4, -0.2) is 31.5 Å². The summed E-state index contributed by atoms with van der Waals surface area (Å²) in [5.74, 6) is 0.343. The van der Waals surface area contributed by atoms with Crippen molar-refractivity contribution in [1.82, 2.24) is 24.9 Å². The third-order valence-corrected chi connectivity index (χ3v) is 2.62. The number of rotatable bonds is 3. The number of carbonyl (C=O) groups is 1. The molecule has 2 aromatic rings. The predicted octanol–water partition coefficient (Wildman–Crippen LogP) is 0.961. The number of hydrogen-bond acceptors (Lipinski definition) is 4. The molecule has 1 N–H and O–H groups in total. The number of amides is 1. The first-order valence-corrected chi connectivity index (χ1v) is 5.61. The van der Waals surface area contributed by atoms with Crippen molar-refractivity contribution in [3.8, 4) is 0 Å². The zero-order chi connectivity index (χ0) is 12.4.